The minimum atomic E-state index is -0.467. The summed E-state index contributed by atoms with van der Waals surface area (Å²) in [5, 5.41) is 16.8. The van der Waals surface area contributed by atoms with Gasteiger partial charge in [0.2, 0.25) is 11.8 Å². The molecule has 1 atom stereocenters. The van der Waals surface area contributed by atoms with Gasteiger partial charge in [-0.1, -0.05) is 12.8 Å². The first kappa shape index (κ1) is 12.5. The van der Waals surface area contributed by atoms with E-state index in [0.29, 0.717) is 5.95 Å². The van der Waals surface area contributed by atoms with Crippen LogP contribution in [-0.2, 0) is 0 Å². The van der Waals surface area contributed by atoms with E-state index >= 15 is 0 Å². The zero-order chi connectivity index (χ0) is 13.1. The van der Waals surface area contributed by atoms with Crippen LogP contribution in [0.25, 0.3) is 0 Å². The van der Waals surface area contributed by atoms with Crippen molar-refractivity contribution in [1.29, 1.82) is 0 Å². The van der Waals surface area contributed by atoms with Gasteiger partial charge in [0.05, 0.1) is 4.92 Å². The van der Waals surface area contributed by atoms with Gasteiger partial charge in [-0.05, 0) is 19.3 Å². The molecule has 7 heteroatoms. The van der Waals surface area contributed by atoms with Crippen LogP contribution in [0.3, 0.4) is 0 Å². The molecular weight excluding hydrogens is 234 g/mol. The monoisotopic (exact) mass is 251 g/mol. The molecule has 1 aromatic rings. The second-order valence-corrected chi connectivity index (χ2v) is 4.66. The molecule has 18 heavy (non-hydrogen) atoms. The fraction of sp³-hybridized carbons (Fsp3) is 0.636. The summed E-state index contributed by atoms with van der Waals surface area (Å²) in [7, 11) is 1.68. The number of nitrogens with zero attached hydrogens (tertiary/aromatic N) is 3. The summed E-state index contributed by atoms with van der Waals surface area (Å²) in [5.74, 6) is 1.42. The predicted molar refractivity (Wildman–Crippen MR) is 68.7 cm³/mol. The van der Waals surface area contributed by atoms with Gasteiger partial charge in [-0.3, -0.25) is 10.1 Å². The molecule has 98 valence electrons. The summed E-state index contributed by atoms with van der Waals surface area (Å²) in [4.78, 5) is 18.4. The number of hydrogen-bond donors (Lipinski definition) is 2. The molecule has 1 aliphatic carbocycles. The van der Waals surface area contributed by atoms with Gasteiger partial charge in [0, 0.05) is 13.1 Å². The normalized spacial score (nSPS) is 16.1. The third-order valence-corrected chi connectivity index (χ3v) is 2.96. The van der Waals surface area contributed by atoms with Crippen molar-refractivity contribution in [2.45, 2.75) is 32.2 Å². The van der Waals surface area contributed by atoms with E-state index in [9.17, 15) is 10.1 Å². The zero-order valence-electron chi connectivity index (χ0n) is 10.5. The van der Waals surface area contributed by atoms with Crippen molar-refractivity contribution in [3.63, 3.8) is 0 Å². The van der Waals surface area contributed by atoms with Crippen LogP contribution >= 0.6 is 0 Å². The highest BCUT2D eigenvalue weighted by atomic mass is 16.6. The molecule has 0 radical (unpaired) electrons. The van der Waals surface area contributed by atoms with Crippen molar-refractivity contribution in [3.05, 3.63) is 16.3 Å². The second kappa shape index (κ2) is 5.16. The fourth-order valence-corrected chi connectivity index (χ4v) is 1.88. The lowest BCUT2D eigenvalue weighted by molar-refractivity contribution is -0.384. The highest BCUT2D eigenvalue weighted by Gasteiger charge is 2.25. The third-order valence-electron chi connectivity index (χ3n) is 2.96. The van der Waals surface area contributed by atoms with Gasteiger partial charge in [0.25, 0.3) is 0 Å². The van der Waals surface area contributed by atoms with Crippen LogP contribution in [-0.4, -0.2) is 28.0 Å². The van der Waals surface area contributed by atoms with Gasteiger partial charge < -0.3 is 10.6 Å². The standard InChI is InChI=1S/C11H17N5O2/c1-7(5-8-3-4-8)14-10-9(16(17)18)6-13-11(12-2)15-10/h6-8H,3-5H2,1-2H3,(H2,12,13,14,15). The number of hydrogen-bond acceptors (Lipinski definition) is 6. The summed E-state index contributed by atoms with van der Waals surface area (Å²) in [6.45, 7) is 2.02. The van der Waals surface area contributed by atoms with Crippen LogP contribution in [0.2, 0.25) is 0 Å². The van der Waals surface area contributed by atoms with Crippen LogP contribution in [0, 0.1) is 16.0 Å². The molecule has 2 rings (SSSR count). The van der Waals surface area contributed by atoms with E-state index in [2.05, 4.69) is 20.6 Å². The predicted octanol–water partition coefficient (Wildman–Crippen LogP) is 2.03. The van der Waals surface area contributed by atoms with E-state index in [1.807, 2.05) is 6.92 Å². The van der Waals surface area contributed by atoms with Gasteiger partial charge in [0.1, 0.15) is 6.20 Å². The average Bonchev–Trinajstić information content (AvgIpc) is 3.12. The lowest BCUT2D eigenvalue weighted by Crippen LogP contribution is -2.18. The van der Waals surface area contributed by atoms with Gasteiger partial charge in [-0.2, -0.15) is 4.98 Å². The summed E-state index contributed by atoms with van der Waals surface area (Å²) >= 11 is 0. The first-order chi connectivity index (χ1) is 8.60. The maximum Gasteiger partial charge on any atom is 0.329 e. The van der Waals surface area contributed by atoms with Gasteiger partial charge in [-0.25, -0.2) is 4.98 Å². The van der Waals surface area contributed by atoms with Crippen molar-refractivity contribution >= 4 is 17.5 Å². The van der Waals surface area contributed by atoms with Crippen LogP contribution in [0.1, 0.15) is 26.2 Å². The van der Waals surface area contributed by atoms with Crippen LogP contribution in [0.15, 0.2) is 6.20 Å². The minimum absolute atomic E-state index is 0.0864. The maximum atomic E-state index is 10.9. The van der Waals surface area contributed by atoms with Gasteiger partial charge >= 0.3 is 5.69 Å². The molecule has 1 heterocycles. The Balaban J connectivity index is 2.14. The molecule has 0 spiro atoms. The van der Waals surface area contributed by atoms with E-state index in [1.54, 1.807) is 7.05 Å². The third kappa shape index (κ3) is 3.06. The lowest BCUT2D eigenvalue weighted by Gasteiger charge is -2.14. The molecule has 0 aliphatic heterocycles. The highest BCUT2D eigenvalue weighted by molar-refractivity contribution is 5.57. The fourth-order valence-electron chi connectivity index (χ4n) is 1.88. The SMILES string of the molecule is CNc1ncc([N+](=O)[O-])c(NC(C)CC2CC2)n1. The number of nitro groups is 1. The Bertz CT molecular complexity index is 447. The van der Waals surface area contributed by atoms with Crippen molar-refractivity contribution in [1.82, 2.24) is 9.97 Å². The molecule has 1 unspecified atom stereocenters. The molecule has 0 bridgehead atoms. The molecule has 2 N–H and O–H groups in total. The van der Waals surface area contributed by atoms with E-state index in [0.717, 1.165) is 12.3 Å². The Morgan fingerprint density at radius 2 is 2.33 bits per heavy atom. The molecular formula is C11H17N5O2. The Hall–Kier alpha value is -1.92. The Morgan fingerprint density at radius 3 is 2.89 bits per heavy atom. The van der Waals surface area contributed by atoms with E-state index in [1.165, 1.54) is 19.0 Å². The first-order valence-corrected chi connectivity index (χ1v) is 6.06. The molecule has 7 nitrogen and oxygen atoms in total. The van der Waals surface area contributed by atoms with Crippen molar-refractivity contribution in [2.24, 2.45) is 5.92 Å². The van der Waals surface area contributed by atoms with Gasteiger partial charge in [0.15, 0.2) is 0 Å². The molecule has 1 saturated carbocycles. The van der Waals surface area contributed by atoms with Crippen LogP contribution < -0.4 is 10.6 Å². The van der Waals surface area contributed by atoms with Crippen molar-refractivity contribution < 1.29 is 4.92 Å². The number of aromatic nitrogens is 2. The Morgan fingerprint density at radius 1 is 1.61 bits per heavy atom. The first-order valence-electron chi connectivity index (χ1n) is 6.06. The molecule has 1 aromatic heterocycles. The number of anilines is 2. The largest absolute Gasteiger partial charge is 0.362 e. The Labute approximate surface area is 105 Å². The van der Waals surface area contributed by atoms with Crippen LogP contribution in [0.4, 0.5) is 17.5 Å². The lowest BCUT2D eigenvalue weighted by atomic mass is 10.1. The van der Waals surface area contributed by atoms with Crippen LogP contribution in [0.5, 0.6) is 0 Å². The summed E-state index contributed by atoms with van der Waals surface area (Å²) in [5.41, 5.74) is -0.0864. The highest BCUT2D eigenvalue weighted by Crippen LogP contribution is 2.34. The second-order valence-electron chi connectivity index (χ2n) is 4.66. The van der Waals surface area contributed by atoms with Gasteiger partial charge in [-0.15, -0.1) is 0 Å². The number of rotatable bonds is 6. The summed E-state index contributed by atoms with van der Waals surface area (Å²) < 4.78 is 0. The molecule has 0 aromatic carbocycles. The number of nitrogens with one attached hydrogen (secondary N) is 2. The molecule has 0 saturated heterocycles. The topological polar surface area (TPSA) is 93.0 Å². The zero-order valence-corrected chi connectivity index (χ0v) is 10.5. The summed E-state index contributed by atoms with van der Waals surface area (Å²) in [6, 6.07) is 0.177. The Kier molecular flexibility index (Phi) is 3.59. The maximum absolute atomic E-state index is 10.9. The molecule has 1 fully saturated rings. The van der Waals surface area contributed by atoms with Crippen molar-refractivity contribution in [2.75, 3.05) is 17.7 Å². The minimum Gasteiger partial charge on any atom is -0.362 e. The molecule has 1 aliphatic rings. The quantitative estimate of drug-likeness (QED) is 0.593. The molecule has 0 amide bonds. The van der Waals surface area contributed by atoms with E-state index in [4.69, 9.17) is 0 Å². The van der Waals surface area contributed by atoms with E-state index in [-0.39, 0.29) is 17.5 Å². The van der Waals surface area contributed by atoms with Crippen molar-refractivity contribution in [3.8, 4) is 0 Å². The van der Waals surface area contributed by atoms with E-state index < -0.39 is 4.92 Å². The smallest absolute Gasteiger partial charge is 0.329 e. The average molecular weight is 251 g/mol. The summed E-state index contributed by atoms with van der Waals surface area (Å²) in [6.07, 6.45) is 4.78.